The zero-order valence-electron chi connectivity index (χ0n) is 20.2. The van der Waals surface area contributed by atoms with Crippen molar-refractivity contribution >= 4 is 14.6 Å². The summed E-state index contributed by atoms with van der Waals surface area (Å²) in [5.41, 5.74) is 1.03. The van der Waals surface area contributed by atoms with Crippen molar-refractivity contribution in [2.45, 2.75) is 96.2 Å². The minimum Gasteiger partial charge on any atom is -0.417 e. The van der Waals surface area contributed by atoms with Crippen molar-refractivity contribution in [2.24, 2.45) is 5.92 Å². The van der Waals surface area contributed by atoms with E-state index in [9.17, 15) is 4.79 Å². The van der Waals surface area contributed by atoms with Gasteiger partial charge in [-0.25, -0.2) is 0 Å². The molecule has 1 aliphatic rings. The first kappa shape index (κ1) is 27.2. The standard InChI is InChI=1S/C24H44O5Si/c1-19(14-20(2)16-23(17-25)27-18-26-6)15-22-11-9-10-21(29-22)12-13-28-30(7,8)24(3,4)5/h9-10,17,19,21-23H,2,11-16,18H2,1,3-8H3. The van der Waals surface area contributed by atoms with E-state index in [0.717, 1.165) is 44.1 Å². The van der Waals surface area contributed by atoms with E-state index in [2.05, 4.69) is 59.5 Å². The van der Waals surface area contributed by atoms with E-state index in [0.29, 0.717) is 12.3 Å². The molecular formula is C24H44O5Si. The van der Waals surface area contributed by atoms with E-state index in [1.165, 1.54) is 0 Å². The number of carbonyl (C=O) groups is 1. The van der Waals surface area contributed by atoms with Crippen LogP contribution in [0.1, 0.15) is 59.8 Å². The van der Waals surface area contributed by atoms with Crippen molar-refractivity contribution < 1.29 is 23.4 Å². The molecule has 0 aliphatic carbocycles. The van der Waals surface area contributed by atoms with Gasteiger partial charge in [-0.1, -0.05) is 52.0 Å². The van der Waals surface area contributed by atoms with Gasteiger partial charge >= 0.3 is 0 Å². The first-order valence-corrected chi connectivity index (χ1v) is 14.1. The molecule has 0 fully saturated rings. The molecule has 1 heterocycles. The highest BCUT2D eigenvalue weighted by atomic mass is 28.4. The third kappa shape index (κ3) is 10.0. The zero-order valence-corrected chi connectivity index (χ0v) is 21.2. The molecule has 0 saturated carbocycles. The minimum absolute atomic E-state index is 0.120. The third-order valence-corrected chi connectivity index (χ3v) is 10.7. The summed E-state index contributed by atoms with van der Waals surface area (Å²) < 4.78 is 22.8. The van der Waals surface area contributed by atoms with Crippen LogP contribution in [-0.2, 0) is 23.4 Å². The van der Waals surface area contributed by atoms with Crippen LogP contribution in [0.4, 0.5) is 0 Å². The molecule has 30 heavy (non-hydrogen) atoms. The minimum atomic E-state index is -1.71. The Labute approximate surface area is 185 Å². The summed E-state index contributed by atoms with van der Waals surface area (Å²) in [6.07, 6.45) is 9.35. The van der Waals surface area contributed by atoms with Crippen LogP contribution in [0.2, 0.25) is 18.1 Å². The first-order valence-electron chi connectivity index (χ1n) is 11.2. The maximum Gasteiger partial charge on any atom is 0.191 e. The Balaban J connectivity index is 2.38. The van der Waals surface area contributed by atoms with Crippen molar-refractivity contribution in [2.75, 3.05) is 20.5 Å². The molecule has 1 rings (SSSR count). The fourth-order valence-corrected chi connectivity index (χ4v) is 4.45. The van der Waals surface area contributed by atoms with E-state index < -0.39 is 14.4 Å². The Morgan fingerprint density at radius 3 is 2.63 bits per heavy atom. The topological polar surface area (TPSA) is 54.0 Å². The molecule has 4 unspecified atom stereocenters. The lowest BCUT2D eigenvalue weighted by Crippen LogP contribution is -2.41. The largest absolute Gasteiger partial charge is 0.417 e. The van der Waals surface area contributed by atoms with Crippen molar-refractivity contribution in [1.82, 2.24) is 0 Å². The van der Waals surface area contributed by atoms with Crippen LogP contribution in [0.15, 0.2) is 24.3 Å². The highest BCUT2D eigenvalue weighted by Crippen LogP contribution is 2.36. The third-order valence-electron chi connectivity index (χ3n) is 6.13. The number of hydrogen-bond donors (Lipinski definition) is 0. The normalized spacial score (nSPS) is 22.0. The number of carbonyl (C=O) groups excluding carboxylic acids is 1. The van der Waals surface area contributed by atoms with Gasteiger partial charge in [0.1, 0.15) is 19.2 Å². The summed E-state index contributed by atoms with van der Waals surface area (Å²) in [5, 5.41) is 0.230. The van der Waals surface area contributed by atoms with Crippen LogP contribution in [0, 0.1) is 5.92 Å². The quantitative estimate of drug-likeness (QED) is 0.151. The summed E-state index contributed by atoms with van der Waals surface area (Å²) in [5.74, 6) is 0.438. The van der Waals surface area contributed by atoms with Crippen molar-refractivity contribution in [3.63, 3.8) is 0 Å². The molecule has 0 bridgehead atoms. The lowest BCUT2D eigenvalue weighted by molar-refractivity contribution is -0.127. The van der Waals surface area contributed by atoms with Gasteiger partial charge in [0, 0.05) is 20.1 Å². The Morgan fingerprint density at radius 1 is 1.33 bits per heavy atom. The van der Waals surface area contributed by atoms with Crippen molar-refractivity contribution in [1.29, 1.82) is 0 Å². The predicted octanol–water partition coefficient (Wildman–Crippen LogP) is 5.66. The van der Waals surface area contributed by atoms with Crippen molar-refractivity contribution in [3.8, 4) is 0 Å². The molecular weight excluding hydrogens is 396 g/mol. The van der Waals surface area contributed by atoms with Crippen LogP contribution < -0.4 is 0 Å². The van der Waals surface area contributed by atoms with Gasteiger partial charge in [-0.2, -0.15) is 0 Å². The summed E-state index contributed by atoms with van der Waals surface area (Å²) in [6, 6.07) is 0. The lowest BCUT2D eigenvalue weighted by atomic mass is 9.92. The molecule has 0 N–H and O–H groups in total. The van der Waals surface area contributed by atoms with Crippen LogP contribution in [0.5, 0.6) is 0 Å². The van der Waals surface area contributed by atoms with Gasteiger partial charge in [0.05, 0.1) is 12.2 Å². The maximum absolute atomic E-state index is 11.1. The van der Waals surface area contributed by atoms with Gasteiger partial charge < -0.3 is 23.4 Å². The Bertz CT molecular complexity index is 552. The second kappa shape index (κ2) is 12.9. The van der Waals surface area contributed by atoms with Gasteiger partial charge in [-0.3, -0.25) is 0 Å². The molecule has 0 aromatic carbocycles. The van der Waals surface area contributed by atoms with E-state index in [-0.39, 0.29) is 24.0 Å². The molecule has 5 nitrogen and oxygen atoms in total. The second-order valence-electron chi connectivity index (χ2n) is 10.1. The molecule has 6 heteroatoms. The molecule has 174 valence electrons. The first-order chi connectivity index (χ1) is 14.0. The lowest BCUT2D eigenvalue weighted by Gasteiger charge is -2.36. The Morgan fingerprint density at radius 2 is 2.03 bits per heavy atom. The summed E-state index contributed by atoms with van der Waals surface area (Å²) in [7, 11) is -0.163. The van der Waals surface area contributed by atoms with Gasteiger partial charge in [-0.05, 0) is 49.7 Å². The highest BCUT2D eigenvalue weighted by molar-refractivity contribution is 6.74. The number of hydrogen-bond acceptors (Lipinski definition) is 5. The van der Waals surface area contributed by atoms with Crippen LogP contribution in [-0.4, -0.2) is 53.4 Å². The molecule has 0 radical (unpaired) electrons. The molecule has 0 saturated heterocycles. The maximum atomic E-state index is 11.1. The summed E-state index contributed by atoms with van der Waals surface area (Å²) in [4.78, 5) is 11.1. The number of ether oxygens (including phenoxy) is 3. The van der Waals surface area contributed by atoms with Gasteiger partial charge in [0.25, 0.3) is 0 Å². The Kier molecular flexibility index (Phi) is 11.7. The molecule has 0 aromatic heterocycles. The predicted molar refractivity (Wildman–Crippen MR) is 125 cm³/mol. The molecule has 1 aliphatic heterocycles. The van der Waals surface area contributed by atoms with Gasteiger partial charge in [-0.15, -0.1) is 0 Å². The fraction of sp³-hybridized carbons (Fsp3) is 0.792. The number of methoxy groups -OCH3 is 1. The van der Waals surface area contributed by atoms with E-state index in [1.54, 1.807) is 7.11 Å². The number of aldehydes is 1. The average Bonchev–Trinajstić information content (AvgIpc) is 2.64. The monoisotopic (exact) mass is 440 g/mol. The van der Waals surface area contributed by atoms with E-state index in [4.69, 9.17) is 18.6 Å². The second-order valence-corrected chi connectivity index (χ2v) is 14.9. The van der Waals surface area contributed by atoms with Crippen LogP contribution in [0.25, 0.3) is 0 Å². The average molecular weight is 441 g/mol. The van der Waals surface area contributed by atoms with Crippen molar-refractivity contribution in [3.05, 3.63) is 24.3 Å². The zero-order chi connectivity index (χ0) is 22.8. The van der Waals surface area contributed by atoms with Crippen LogP contribution in [0.3, 0.4) is 0 Å². The molecule has 4 atom stereocenters. The molecule has 0 aromatic rings. The summed E-state index contributed by atoms with van der Waals surface area (Å²) in [6.45, 7) is 18.6. The van der Waals surface area contributed by atoms with Crippen LogP contribution >= 0.6 is 0 Å². The summed E-state index contributed by atoms with van der Waals surface area (Å²) >= 11 is 0. The molecule has 0 amide bonds. The SMILES string of the molecule is C=C(CC(C)CC1CC=CC(CCO[Si](C)(C)C(C)(C)C)O1)CC(C=O)OCOC. The van der Waals surface area contributed by atoms with Gasteiger partial charge in [0.15, 0.2) is 8.32 Å². The van der Waals surface area contributed by atoms with Gasteiger partial charge in [0.2, 0.25) is 0 Å². The smallest absolute Gasteiger partial charge is 0.191 e. The Hall–Kier alpha value is -0.793. The van der Waals surface area contributed by atoms with E-state index >= 15 is 0 Å². The molecule has 0 spiro atoms. The highest BCUT2D eigenvalue weighted by Gasteiger charge is 2.37. The number of rotatable bonds is 14. The fourth-order valence-electron chi connectivity index (χ4n) is 3.39. The van der Waals surface area contributed by atoms with E-state index in [1.807, 2.05) is 0 Å².